The fraction of sp³-hybridized carbons (Fsp3) is 0.714. The van der Waals surface area contributed by atoms with E-state index in [0.717, 1.165) is 25.8 Å². The van der Waals surface area contributed by atoms with Crippen LogP contribution in [-0.2, 0) is 4.79 Å². The third-order valence-corrected chi connectivity index (χ3v) is 4.04. The van der Waals surface area contributed by atoms with Gasteiger partial charge < -0.3 is 20.4 Å². The van der Waals surface area contributed by atoms with Crippen LogP contribution in [0, 0.1) is 5.92 Å². The number of nitrogens with zero attached hydrogens (tertiary/aromatic N) is 1. The molecule has 1 heterocycles. The van der Waals surface area contributed by atoms with Crippen LogP contribution in [0.4, 0.5) is 4.79 Å². The predicted octanol–water partition coefficient (Wildman–Crippen LogP) is 0.962. The first-order chi connectivity index (χ1) is 9.61. The van der Waals surface area contributed by atoms with Gasteiger partial charge in [-0.2, -0.15) is 0 Å². The lowest BCUT2D eigenvalue weighted by Crippen LogP contribution is -2.46. The molecule has 3 N–H and O–H groups in total. The molecule has 0 aromatic rings. The fourth-order valence-electron chi connectivity index (χ4n) is 2.96. The van der Waals surface area contributed by atoms with Crippen molar-refractivity contribution in [3.8, 4) is 0 Å². The number of likely N-dealkylation sites (tertiary alicyclic amines) is 1. The molecule has 6 nitrogen and oxygen atoms in total. The Labute approximate surface area is 118 Å². The van der Waals surface area contributed by atoms with Gasteiger partial charge in [0.1, 0.15) is 0 Å². The SMILES string of the molecule is O=C(O)C1C=CC(NC(=O)N2CCCC2CCCO)C1. The summed E-state index contributed by atoms with van der Waals surface area (Å²) < 4.78 is 0. The van der Waals surface area contributed by atoms with Gasteiger partial charge in [0.15, 0.2) is 0 Å². The van der Waals surface area contributed by atoms with Gasteiger partial charge in [-0.25, -0.2) is 4.79 Å². The fourth-order valence-corrected chi connectivity index (χ4v) is 2.96. The van der Waals surface area contributed by atoms with Crippen LogP contribution in [0.5, 0.6) is 0 Å². The number of hydrogen-bond donors (Lipinski definition) is 3. The first kappa shape index (κ1) is 14.8. The quantitative estimate of drug-likeness (QED) is 0.655. The molecule has 112 valence electrons. The highest BCUT2D eigenvalue weighted by molar-refractivity contribution is 5.77. The molecule has 0 spiro atoms. The first-order valence-corrected chi connectivity index (χ1v) is 7.21. The molecule has 0 saturated carbocycles. The number of aliphatic hydroxyl groups excluding tert-OH is 1. The second-order valence-corrected chi connectivity index (χ2v) is 5.48. The van der Waals surface area contributed by atoms with Crippen molar-refractivity contribution in [2.75, 3.05) is 13.2 Å². The minimum Gasteiger partial charge on any atom is -0.481 e. The van der Waals surface area contributed by atoms with Crippen molar-refractivity contribution in [3.05, 3.63) is 12.2 Å². The van der Waals surface area contributed by atoms with Crippen molar-refractivity contribution in [1.29, 1.82) is 0 Å². The summed E-state index contributed by atoms with van der Waals surface area (Å²) in [5.41, 5.74) is 0. The van der Waals surface area contributed by atoms with Crippen molar-refractivity contribution in [3.63, 3.8) is 0 Å². The molecule has 0 aromatic carbocycles. The van der Waals surface area contributed by atoms with Crippen LogP contribution in [0.15, 0.2) is 12.2 Å². The largest absolute Gasteiger partial charge is 0.481 e. The first-order valence-electron chi connectivity index (χ1n) is 7.21. The van der Waals surface area contributed by atoms with Crippen molar-refractivity contribution in [1.82, 2.24) is 10.2 Å². The van der Waals surface area contributed by atoms with Gasteiger partial charge in [-0.15, -0.1) is 0 Å². The number of amides is 2. The van der Waals surface area contributed by atoms with E-state index in [4.69, 9.17) is 10.2 Å². The zero-order valence-electron chi connectivity index (χ0n) is 11.5. The summed E-state index contributed by atoms with van der Waals surface area (Å²) in [6.07, 6.45) is 7.32. The molecule has 20 heavy (non-hydrogen) atoms. The van der Waals surface area contributed by atoms with Gasteiger partial charge >= 0.3 is 12.0 Å². The molecule has 6 heteroatoms. The van der Waals surface area contributed by atoms with E-state index < -0.39 is 11.9 Å². The normalized spacial score (nSPS) is 28.9. The van der Waals surface area contributed by atoms with E-state index in [1.807, 2.05) is 4.90 Å². The van der Waals surface area contributed by atoms with Crippen LogP contribution in [0.1, 0.15) is 32.1 Å². The van der Waals surface area contributed by atoms with Crippen LogP contribution in [0.25, 0.3) is 0 Å². The second kappa shape index (κ2) is 6.74. The van der Waals surface area contributed by atoms with Gasteiger partial charge in [0.2, 0.25) is 0 Å². The average Bonchev–Trinajstić information content (AvgIpc) is 3.04. The number of carboxylic acids is 1. The summed E-state index contributed by atoms with van der Waals surface area (Å²) >= 11 is 0. The molecule has 0 bridgehead atoms. The van der Waals surface area contributed by atoms with E-state index in [-0.39, 0.29) is 24.7 Å². The Bertz CT molecular complexity index is 397. The van der Waals surface area contributed by atoms with Gasteiger partial charge in [0, 0.05) is 19.2 Å². The summed E-state index contributed by atoms with van der Waals surface area (Å²) in [4.78, 5) is 24.9. The highest BCUT2D eigenvalue weighted by atomic mass is 16.4. The Kier molecular flexibility index (Phi) is 5.00. The lowest BCUT2D eigenvalue weighted by Gasteiger charge is -2.26. The second-order valence-electron chi connectivity index (χ2n) is 5.48. The van der Waals surface area contributed by atoms with Gasteiger partial charge in [0.05, 0.1) is 12.0 Å². The van der Waals surface area contributed by atoms with E-state index in [1.54, 1.807) is 12.2 Å². The number of carbonyl (C=O) groups excluding carboxylic acids is 1. The van der Waals surface area contributed by atoms with Crippen LogP contribution in [0.3, 0.4) is 0 Å². The molecule has 2 aliphatic rings. The smallest absolute Gasteiger partial charge is 0.318 e. The maximum atomic E-state index is 12.2. The maximum absolute atomic E-state index is 12.2. The monoisotopic (exact) mass is 282 g/mol. The molecule has 0 aromatic heterocycles. The molecular weight excluding hydrogens is 260 g/mol. The third kappa shape index (κ3) is 3.50. The van der Waals surface area contributed by atoms with Crippen LogP contribution in [0.2, 0.25) is 0 Å². The zero-order valence-corrected chi connectivity index (χ0v) is 11.5. The van der Waals surface area contributed by atoms with Crippen LogP contribution < -0.4 is 5.32 Å². The highest BCUT2D eigenvalue weighted by Gasteiger charge is 2.31. The van der Waals surface area contributed by atoms with Crippen molar-refractivity contribution >= 4 is 12.0 Å². The highest BCUT2D eigenvalue weighted by Crippen LogP contribution is 2.23. The lowest BCUT2D eigenvalue weighted by molar-refractivity contribution is -0.140. The Balaban J connectivity index is 1.83. The van der Waals surface area contributed by atoms with E-state index in [0.29, 0.717) is 12.8 Å². The minimum atomic E-state index is -0.847. The Hall–Kier alpha value is -1.56. The molecule has 0 radical (unpaired) electrons. The van der Waals surface area contributed by atoms with Crippen molar-refractivity contribution < 1.29 is 19.8 Å². The standard InChI is InChI=1S/C14H22N2O4/c17-8-2-4-12-3-1-7-16(12)14(20)15-11-6-5-10(9-11)13(18)19/h5-6,10-12,17H,1-4,7-9H2,(H,15,20)(H,18,19). The Morgan fingerprint density at radius 3 is 2.80 bits per heavy atom. The minimum absolute atomic E-state index is 0.119. The summed E-state index contributed by atoms with van der Waals surface area (Å²) in [5, 5.41) is 20.7. The number of hydrogen-bond acceptors (Lipinski definition) is 3. The summed E-state index contributed by atoms with van der Waals surface area (Å²) in [5.74, 6) is -1.34. The number of carbonyl (C=O) groups is 2. The summed E-state index contributed by atoms with van der Waals surface area (Å²) in [7, 11) is 0. The van der Waals surface area contributed by atoms with E-state index in [1.165, 1.54) is 0 Å². The Morgan fingerprint density at radius 2 is 2.15 bits per heavy atom. The van der Waals surface area contributed by atoms with E-state index in [2.05, 4.69) is 5.32 Å². The topological polar surface area (TPSA) is 89.9 Å². The van der Waals surface area contributed by atoms with Gasteiger partial charge in [-0.05, 0) is 32.1 Å². The van der Waals surface area contributed by atoms with Crippen molar-refractivity contribution in [2.45, 2.75) is 44.2 Å². The van der Waals surface area contributed by atoms with Crippen LogP contribution >= 0.6 is 0 Å². The number of aliphatic hydroxyl groups is 1. The molecule has 3 atom stereocenters. The number of urea groups is 1. The molecular formula is C14H22N2O4. The van der Waals surface area contributed by atoms with E-state index >= 15 is 0 Å². The molecule has 1 aliphatic carbocycles. The van der Waals surface area contributed by atoms with Gasteiger partial charge in [0.25, 0.3) is 0 Å². The predicted molar refractivity (Wildman–Crippen MR) is 73.3 cm³/mol. The average molecular weight is 282 g/mol. The molecule has 2 rings (SSSR count). The maximum Gasteiger partial charge on any atom is 0.318 e. The molecule has 1 saturated heterocycles. The number of rotatable bonds is 5. The zero-order chi connectivity index (χ0) is 14.5. The summed E-state index contributed by atoms with van der Waals surface area (Å²) in [6, 6.07) is -0.114. The van der Waals surface area contributed by atoms with Gasteiger partial charge in [-0.3, -0.25) is 4.79 Å². The number of nitrogens with one attached hydrogen (secondary N) is 1. The van der Waals surface area contributed by atoms with E-state index in [9.17, 15) is 9.59 Å². The Morgan fingerprint density at radius 1 is 1.35 bits per heavy atom. The lowest BCUT2D eigenvalue weighted by atomic mass is 10.1. The number of aliphatic carboxylic acids is 1. The van der Waals surface area contributed by atoms with Crippen molar-refractivity contribution in [2.24, 2.45) is 5.92 Å². The molecule has 1 fully saturated rings. The summed E-state index contributed by atoms with van der Waals surface area (Å²) in [6.45, 7) is 0.887. The number of carboxylic acid groups (broad SMARTS) is 1. The third-order valence-electron chi connectivity index (χ3n) is 4.04. The molecule has 3 unspecified atom stereocenters. The molecule has 1 aliphatic heterocycles. The van der Waals surface area contributed by atoms with Gasteiger partial charge in [-0.1, -0.05) is 12.2 Å². The molecule has 2 amide bonds. The van der Waals surface area contributed by atoms with Crippen LogP contribution in [-0.4, -0.2) is 52.3 Å².